The number of carbonyl (C=O) groups is 2. The molecule has 2 aromatic rings. The molecule has 2 unspecified atom stereocenters. The molecule has 146 valence electrons. The summed E-state index contributed by atoms with van der Waals surface area (Å²) in [6.45, 7) is 1.20. The van der Waals surface area contributed by atoms with Crippen molar-refractivity contribution in [3.05, 3.63) is 42.7 Å². The normalized spacial score (nSPS) is 19.0. The van der Waals surface area contributed by atoms with Crippen LogP contribution in [0.1, 0.15) is 19.4 Å². The van der Waals surface area contributed by atoms with Gasteiger partial charge in [0, 0.05) is 30.2 Å². The molecule has 2 amide bonds. The number of alkyl halides is 2. The van der Waals surface area contributed by atoms with Gasteiger partial charge in [-0.25, -0.2) is 8.78 Å². The summed E-state index contributed by atoms with van der Waals surface area (Å²) in [4.78, 5) is 24.4. The Kier molecular flexibility index (Phi) is 6.50. The second-order valence-corrected chi connectivity index (χ2v) is 6.21. The topological polar surface area (TPSA) is 88.0 Å². The lowest BCUT2D eigenvalue weighted by Gasteiger charge is -2.14. The Labute approximate surface area is 160 Å². The fourth-order valence-electron chi connectivity index (χ4n) is 2.68. The quantitative estimate of drug-likeness (QED) is 0.720. The van der Waals surface area contributed by atoms with Crippen molar-refractivity contribution in [1.29, 1.82) is 0 Å². The molecule has 10 heteroatoms. The number of carbonyl (C=O) groups excluding carboxylic acids is 2. The minimum absolute atomic E-state index is 0. The predicted molar refractivity (Wildman–Crippen MR) is 99.2 cm³/mol. The monoisotopic (exact) mass is 399 g/mol. The highest BCUT2D eigenvalue weighted by Gasteiger charge is 2.42. The summed E-state index contributed by atoms with van der Waals surface area (Å²) < 4.78 is 27.9. The smallest absolute Gasteiger partial charge is 0.262 e. The lowest BCUT2D eigenvalue weighted by Crippen LogP contribution is -2.35. The molecule has 27 heavy (non-hydrogen) atoms. The van der Waals surface area contributed by atoms with Crippen molar-refractivity contribution in [2.24, 2.45) is 0 Å². The first-order chi connectivity index (χ1) is 12.3. The van der Waals surface area contributed by atoms with E-state index in [0.717, 1.165) is 0 Å². The second kappa shape index (κ2) is 8.45. The van der Waals surface area contributed by atoms with Crippen LogP contribution in [-0.2, 0) is 9.59 Å². The molecule has 1 fully saturated rings. The van der Waals surface area contributed by atoms with E-state index >= 15 is 0 Å². The van der Waals surface area contributed by atoms with E-state index in [4.69, 9.17) is 0 Å². The lowest BCUT2D eigenvalue weighted by molar-refractivity contribution is -0.119. The number of halogens is 3. The molecule has 1 aliphatic rings. The van der Waals surface area contributed by atoms with Gasteiger partial charge in [0.15, 0.2) is 0 Å². The van der Waals surface area contributed by atoms with E-state index in [2.05, 4.69) is 21.0 Å². The number of anilines is 2. The number of aromatic nitrogens is 2. The largest absolute Gasteiger partial charge is 0.325 e. The van der Waals surface area contributed by atoms with Crippen LogP contribution in [0.5, 0.6) is 0 Å². The first-order valence-corrected chi connectivity index (χ1v) is 8.16. The maximum absolute atomic E-state index is 13.2. The molecule has 7 nitrogen and oxygen atoms in total. The summed E-state index contributed by atoms with van der Waals surface area (Å²) >= 11 is 0. The number of rotatable bonds is 5. The van der Waals surface area contributed by atoms with Crippen molar-refractivity contribution in [3.63, 3.8) is 0 Å². The average Bonchev–Trinajstić information content (AvgIpc) is 3.24. The Balaban J connectivity index is 0.00000261. The van der Waals surface area contributed by atoms with Crippen molar-refractivity contribution < 1.29 is 18.4 Å². The van der Waals surface area contributed by atoms with Crippen molar-refractivity contribution in [1.82, 2.24) is 15.1 Å². The molecular weight excluding hydrogens is 380 g/mol. The third-order valence-corrected chi connectivity index (χ3v) is 4.13. The highest BCUT2D eigenvalue weighted by Crippen LogP contribution is 2.26. The zero-order valence-corrected chi connectivity index (χ0v) is 15.3. The van der Waals surface area contributed by atoms with Gasteiger partial charge in [0.05, 0.1) is 12.6 Å². The van der Waals surface area contributed by atoms with Crippen LogP contribution in [0.4, 0.5) is 20.2 Å². The number of amides is 2. The van der Waals surface area contributed by atoms with E-state index in [1.54, 1.807) is 49.6 Å². The molecule has 0 saturated carbocycles. The summed E-state index contributed by atoms with van der Waals surface area (Å²) in [5.74, 6) is -3.68. The van der Waals surface area contributed by atoms with Crippen molar-refractivity contribution in [2.75, 3.05) is 17.2 Å². The molecule has 0 spiro atoms. The van der Waals surface area contributed by atoms with E-state index in [-0.39, 0.29) is 18.3 Å². The molecule has 1 aliphatic heterocycles. The maximum atomic E-state index is 13.2. The molecule has 2 heterocycles. The van der Waals surface area contributed by atoms with Gasteiger partial charge in [-0.2, -0.15) is 5.10 Å². The van der Waals surface area contributed by atoms with E-state index < -0.39 is 36.9 Å². The molecule has 0 radical (unpaired) electrons. The highest BCUT2D eigenvalue weighted by atomic mass is 35.5. The van der Waals surface area contributed by atoms with E-state index in [1.165, 1.54) is 4.68 Å². The van der Waals surface area contributed by atoms with Crippen molar-refractivity contribution in [3.8, 4) is 0 Å². The van der Waals surface area contributed by atoms with E-state index in [1.807, 2.05) is 0 Å². The van der Waals surface area contributed by atoms with Crippen LogP contribution in [0.2, 0.25) is 0 Å². The van der Waals surface area contributed by atoms with Gasteiger partial charge in [0.2, 0.25) is 11.8 Å². The van der Waals surface area contributed by atoms with Crippen LogP contribution < -0.4 is 16.0 Å². The van der Waals surface area contributed by atoms with Gasteiger partial charge < -0.3 is 10.6 Å². The molecule has 2 atom stereocenters. The summed E-state index contributed by atoms with van der Waals surface area (Å²) in [7, 11) is 0. The number of nitrogens with zero attached hydrogens (tertiary/aromatic N) is 2. The maximum Gasteiger partial charge on any atom is 0.262 e. The van der Waals surface area contributed by atoms with Gasteiger partial charge in [-0.3, -0.25) is 19.6 Å². The molecule has 3 rings (SSSR count). The summed E-state index contributed by atoms with van der Waals surface area (Å²) in [6.07, 6.45) is 2.74. The Bertz CT molecular complexity index is 800. The van der Waals surface area contributed by atoms with Crippen molar-refractivity contribution >= 4 is 35.6 Å². The lowest BCUT2D eigenvalue weighted by atomic mass is 10.1. The Morgan fingerprint density at radius 3 is 2.59 bits per heavy atom. The molecule has 0 aliphatic carbocycles. The number of hydrogen-bond donors (Lipinski definition) is 3. The van der Waals surface area contributed by atoms with E-state index in [0.29, 0.717) is 11.4 Å². The summed E-state index contributed by atoms with van der Waals surface area (Å²) in [5.41, 5.74) is 0.896. The van der Waals surface area contributed by atoms with Crippen LogP contribution in [0.15, 0.2) is 42.7 Å². The van der Waals surface area contributed by atoms with Gasteiger partial charge in [-0.1, -0.05) is 6.07 Å². The molecule has 3 N–H and O–H groups in total. The van der Waals surface area contributed by atoms with Crippen LogP contribution in [-0.4, -0.2) is 40.1 Å². The SMILES string of the molecule is CC(C(=O)Nc1cccc(NC(=O)C2CC(F)(F)CN2)c1)n1cccn1.Cl. The standard InChI is InChI=1S/C17H19F2N5O2.ClH/c1-11(24-7-3-6-21-24)15(25)22-12-4-2-5-13(8-12)23-16(26)14-9-17(18,19)10-20-14;/h2-8,11,14,20H,9-10H2,1H3,(H,22,25)(H,23,26);1H. The average molecular weight is 400 g/mol. The van der Waals surface area contributed by atoms with Crippen LogP contribution in [0.25, 0.3) is 0 Å². The third kappa shape index (κ3) is 5.24. The highest BCUT2D eigenvalue weighted by molar-refractivity contribution is 5.97. The van der Waals surface area contributed by atoms with Crippen molar-refractivity contribution in [2.45, 2.75) is 31.4 Å². The Hall–Kier alpha value is -2.52. The van der Waals surface area contributed by atoms with Gasteiger partial charge in [0.25, 0.3) is 5.92 Å². The minimum Gasteiger partial charge on any atom is -0.325 e. The van der Waals surface area contributed by atoms with Gasteiger partial charge in [-0.05, 0) is 31.2 Å². The molecular formula is C17H20ClF2N5O2. The molecule has 1 aromatic heterocycles. The fourth-order valence-corrected chi connectivity index (χ4v) is 2.68. The van der Waals surface area contributed by atoms with Crippen LogP contribution >= 0.6 is 12.4 Å². The Morgan fingerprint density at radius 1 is 1.30 bits per heavy atom. The van der Waals surface area contributed by atoms with Gasteiger partial charge in [-0.15, -0.1) is 12.4 Å². The summed E-state index contributed by atoms with van der Waals surface area (Å²) in [6, 6.07) is 6.79. The predicted octanol–water partition coefficient (Wildman–Crippen LogP) is 2.44. The van der Waals surface area contributed by atoms with Crippen LogP contribution in [0.3, 0.4) is 0 Å². The van der Waals surface area contributed by atoms with E-state index in [9.17, 15) is 18.4 Å². The van der Waals surface area contributed by atoms with Gasteiger partial charge >= 0.3 is 0 Å². The second-order valence-electron chi connectivity index (χ2n) is 6.21. The number of benzene rings is 1. The van der Waals surface area contributed by atoms with Gasteiger partial charge in [0.1, 0.15) is 6.04 Å². The zero-order chi connectivity index (χ0) is 18.7. The fraction of sp³-hybridized carbons (Fsp3) is 0.353. The Morgan fingerprint density at radius 2 is 2.00 bits per heavy atom. The number of nitrogens with one attached hydrogen (secondary N) is 3. The zero-order valence-electron chi connectivity index (χ0n) is 14.5. The molecule has 1 saturated heterocycles. The minimum atomic E-state index is -2.87. The third-order valence-electron chi connectivity index (χ3n) is 4.13. The summed E-state index contributed by atoms with van der Waals surface area (Å²) in [5, 5.41) is 11.9. The first-order valence-electron chi connectivity index (χ1n) is 8.16. The molecule has 0 bridgehead atoms. The number of hydrogen-bond acceptors (Lipinski definition) is 4. The molecule has 1 aromatic carbocycles. The van der Waals surface area contributed by atoms with Crippen LogP contribution in [0, 0.1) is 0 Å². The first kappa shape index (κ1) is 20.8.